The molecule has 0 aromatic heterocycles. The van der Waals surface area contributed by atoms with Crippen LogP contribution in [-0.2, 0) is 6.42 Å². The van der Waals surface area contributed by atoms with Gasteiger partial charge >= 0.3 is 0 Å². The van der Waals surface area contributed by atoms with Crippen LogP contribution in [0.3, 0.4) is 0 Å². The monoisotopic (exact) mass is 485 g/mol. The van der Waals surface area contributed by atoms with Crippen LogP contribution in [0.1, 0.15) is 48.5 Å². The topological polar surface area (TPSA) is 89.5 Å². The molecule has 0 saturated carbocycles. The van der Waals surface area contributed by atoms with Crippen LogP contribution in [0.2, 0.25) is 10.0 Å². The number of nitro benzene ring substituents is 2. The highest BCUT2D eigenvalue weighted by Gasteiger charge is 2.37. The summed E-state index contributed by atoms with van der Waals surface area (Å²) in [6, 6.07) is 17.6. The number of aryl methyl sites for hydroxylation is 1. The summed E-state index contributed by atoms with van der Waals surface area (Å²) in [6.07, 6.45) is 2.34. The zero-order valence-electron chi connectivity index (χ0n) is 17.8. The van der Waals surface area contributed by atoms with E-state index < -0.39 is 9.85 Å². The third-order valence-electron chi connectivity index (χ3n) is 6.13. The van der Waals surface area contributed by atoms with Gasteiger partial charge in [-0.25, -0.2) is 0 Å². The maximum Gasteiger partial charge on any atom is 0.288 e. The van der Waals surface area contributed by atoms with Gasteiger partial charge in [0.15, 0.2) is 0 Å². The summed E-state index contributed by atoms with van der Waals surface area (Å²) >= 11 is 12.1. The molecule has 2 atom stereocenters. The summed E-state index contributed by atoms with van der Waals surface area (Å²) in [4.78, 5) is 24.1. The molecule has 3 aromatic rings. The van der Waals surface area contributed by atoms with Crippen LogP contribution in [0.4, 0.5) is 17.1 Å². The lowest BCUT2D eigenvalue weighted by Crippen LogP contribution is -2.26. The highest BCUT2D eigenvalue weighted by molar-refractivity contribution is 6.33. The van der Waals surface area contributed by atoms with Crippen molar-refractivity contribution in [2.45, 2.75) is 38.3 Å². The van der Waals surface area contributed by atoms with Crippen molar-refractivity contribution in [1.29, 1.82) is 0 Å². The molecular weight excluding hydrogens is 465 g/mol. The Morgan fingerprint density at radius 1 is 0.818 bits per heavy atom. The number of nitrogens with zero attached hydrogens (tertiary/aromatic N) is 3. The molecule has 0 aliphatic carbocycles. The van der Waals surface area contributed by atoms with Crippen molar-refractivity contribution in [3.05, 3.63) is 108 Å². The van der Waals surface area contributed by atoms with Gasteiger partial charge in [-0.15, -0.1) is 0 Å². The van der Waals surface area contributed by atoms with Gasteiger partial charge in [0.2, 0.25) is 0 Å². The van der Waals surface area contributed by atoms with Crippen LogP contribution < -0.4 is 4.90 Å². The Hall–Kier alpha value is -3.16. The lowest BCUT2D eigenvalue weighted by molar-refractivity contribution is -0.384. The lowest BCUT2D eigenvalue weighted by Gasteiger charge is -2.33. The Kier molecular flexibility index (Phi) is 6.54. The average Bonchev–Trinajstić information content (AvgIpc) is 3.24. The lowest BCUT2D eigenvalue weighted by atomic mass is 10.0. The van der Waals surface area contributed by atoms with Gasteiger partial charge in [0.25, 0.3) is 11.4 Å². The zero-order chi connectivity index (χ0) is 23.7. The Morgan fingerprint density at radius 3 is 1.67 bits per heavy atom. The summed E-state index contributed by atoms with van der Waals surface area (Å²) in [6.45, 7) is 2.08. The minimum Gasteiger partial charge on any atom is -0.357 e. The second-order valence-corrected chi connectivity index (χ2v) is 8.79. The SMILES string of the molecule is CCc1ccc(N2C(c3ccc(Cl)c([N+](=O)[O-])c3)CCC2c2ccc(Cl)c([N+](=O)[O-])c2)cc1. The molecule has 33 heavy (non-hydrogen) atoms. The Balaban J connectivity index is 1.81. The standard InChI is InChI=1S/C24H21Cl2N3O4/c1-2-15-3-7-18(8-4-15)27-21(16-5-9-19(25)23(13-16)28(30)31)11-12-22(27)17-6-10-20(26)24(14-17)29(32)33/h3-10,13-14,21-22H,2,11-12H2,1H3. The molecule has 0 amide bonds. The number of rotatable bonds is 6. The number of hydrogen-bond donors (Lipinski definition) is 0. The number of nitro groups is 2. The van der Waals surface area contributed by atoms with E-state index in [1.54, 1.807) is 24.3 Å². The van der Waals surface area contributed by atoms with E-state index >= 15 is 0 Å². The van der Waals surface area contributed by atoms with E-state index in [-0.39, 0.29) is 33.5 Å². The normalized spacial score (nSPS) is 17.8. The molecule has 4 rings (SSSR count). The van der Waals surface area contributed by atoms with E-state index in [4.69, 9.17) is 23.2 Å². The van der Waals surface area contributed by atoms with E-state index in [2.05, 4.69) is 24.0 Å². The first-order valence-electron chi connectivity index (χ1n) is 10.5. The first kappa shape index (κ1) is 23.0. The molecule has 1 aliphatic rings. The zero-order valence-corrected chi connectivity index (χ0v) is 19.3. The Bertz CT molecular complexity index is 1150. The predicted molar refractivity (Wildman–Crippen MR) is 129 cm³/mol. The second-order valence-electron chi connectivity index (χ2n) is 7.97. The molecule has 1 fully saturated rings. The van der Waals surface area contributed by atoms with Crippen LogP contribution in [0.15, 0.2) is 60.7 Å². The van der Waals surface area contributed by atoms with Crippen molar-refractivity contribution in [2.24, 2.45) is 0 Å². The van der Waals surface area contributed by atoms with Gasteiger partial charge in [0.05, 0.1) is 21.9 Å². The van der Waals surface area contributed by atoms with Crippen molar-refractivity contribution in [1.82, 2.24) is 0 Å². The van der Waals surface area contributed by atoms with Crippen molar-refractivity contribution in [2.75, 3.05) is 4.90 Å². The number of benzene rings is 3. The van der Waals surface area contributed by atoms with Crippen LogP contribution in [-0.4, -0.2) is 9.85 Å². The van der Waals surface area contributed by atoms with Crippen LogP contribution >= 0.6 is 23.2 Å². The third-order valence-corrected chi connectivity index (χ3v) is 6.77. The van der Waals surface area contributed by atoms with Gasteiger partial charge in [-0.1, -0.05) is 54.4 Å². The van der Waals surface area contributed by atoms with E-state index in [1.165, 1.54) is 17.7 Å². The van der Waals surface area contributed by atoms with Gasteiger partial charge in [0.1, 0.15) is 10.0 Å². The van der Waals surface area contributed by atoms with Crippen LogP contribution in [0.25, 0.3) is 0 Å². The summed E-state index contributed by atoms with van der Waals surface area (Å²) in [7, 11) is 0. The van der Waals surface area contributed by atoms with Gasteiger partial charge in [-0.2, -0.15) is 0 Å². The van der Waals surface area contributed by atoms with Crippen molar-refractivity contribution in [3.63, 3.8) is 0 Å². The molecule has 0 spiro atoms. The summed E-state index contributed by atoms with van der Waals surface area (Å²) in [5.74, 6) is 0. The smallest absolute Gasteiger partial charge is 0.288 e. The molecule has 1 heterocycles. The summed E-state index contributed by atoms with van der Waals surface area (Å²) in [5.41, 5.74) is 3.40. The number of anilines is 1. The van der Waals surface area contributed by atoms with E-state index in [0.29, 0.717) is 0 Å². The molecule has 0 bridgehead atoms. The maximum atomic E-state index is 11.5. The van der Waals surface area contributed by atoms with Crippen molar-refractivity contribution in [3.8, 4) is 0 Å². The minimum atomic E-state index is -0.485. The fraction of sp³-hybridized carbons (Fsp3) is 0.250. The fourth-order valence-electron chi connectivity index (χ4n) is 4.48. The molecule has 3 aromatic carbocycles. The fourth-order valence-corrected chi connectivity index (χ4v) is 4.86. The molecule has 9 heteroatoms. The summed E-state index contributed by atoms with van der Waals surface area (Å²) < 4.78 is 0. The van der Waals surface area contributed by atoms with Gasteiger partial charge in [-0.05, 0) is 60.2 Å². The molecular formula is C24H21Cl2N3O4. The minimum absolute atomic E-state index is 0.0884. The number of halogens is 2. The summed E-state index contributed by atoms with van der Waals surface area (Å²) in [5, 5.41) is 23.1. The highest BCUT2D eigenvalue weighted by atomic mass is 35.5. The highest BCUT2D eigenvalue weighted by Crippen LogP contribution is 2.48. The van der Waals surface area contributed by atoms with Gasteiger partial charge in [0, 0.05) is 17.8 Å². The molecule has 0 radical (unpaired) electrons. The average molecular weight is 486 g/mol. The second kappa shape index (κ2) is 9.37. The molecule has 7 nitrogen and oxygen atoms in total. The molecule has 170 valence electrons. The van der Waals surface area contributed by atoms with E-state index in [1.807, 2.05) is 12.1 Å². The largest absolute Gasteiger partial charge is 0.357 e. The Morgan fingerprint density at radius 2 is 1.27 bits per heavy atom. The molecule has 1 aliphatic heterocycles. The maximum absolute atomic E-state index is 11.5. The van der Waals surface area contributed by atoms with Crippen molar-refractivity contribution >= 4 is 40.3 Å². The van der Waals surface area contributed by atoms with Crippen LogP contribution in [0, 0.1) is 20.2 Å². The number of hydrogen-bond acceptors (Lipinski definition) is 5. The molecule has 1 saturated heterocycles. The predicted octanol–water partition coefficient (Wildman–Crippen LogP) is 7.46. The first-order valence-corrected chi connectivity index (χ1v) is 11.3. The van der Waals surface area contributed by atoms with E-state index in [9.17, 15) is 20.2 Å². The van der Waals surface area contributed by atoms with Gasteiger partial charge < -0.3 is 4.90 Å². The van der Waals surface area contributed by atoms with Crippen LogP contribution in [0.5, 0.6) is 0 Å². The first-order chi connectivity index (χ1) is 15.8. The molecule has 2 unspecified atom stereocenters. The Labute approximate surface area is 200 Å². The van der Waals surface area contributed by atoms with Crippen molar-refractivity contribution < 1.29 is 9.85 Å². The van der Waals surface area contributed by atoms with E-state index in [0.717, 1.165) is 36.1 Å². The third kappa shape index (κ3) is 4.51. The molecule has 0 N–H and O–H groups in total. The van der Waals surface area contributed by atoms with Gasteiger partial charge in [-0.3, -0.25) is 20.2 Å². The quantitative estimate of drug-likeness (QED) is 0.267.